The average Bonchev–Trinajstić information content (AvgIpc) is 3.13. The third kappa shape index (κ3) is 5.78. The number of amides is 1. The van der Waals surface area contributed by atoms with Gasteiger partial charge in [0.2, 0.25) is 5.91 Å². The molecule has 10 heteroatoms. The van der Waals surface area contributed by atoms with Crippen molar-refractivity contribution in [2.45, 2.75) is 57.7 Å². The molecule has 2 aliphatic heterocycles. The maximum Gasteiger partial charge on any atom is 0.490 e. The Balaban J connectivity index is 0.000000339. The number of carboxylic acid groups (broad SMARTS) is 1. The summed E-state index contributed by atoms with van der Waals surface area (Å²) in [4.78, 5) is 30.6. The zero-order valence-corrected chi connectivity index (χ0v) is 17.9. The number of aryl methyl sites for hydroxylation is 1. The van der Waals surface area contributed by atoms with Crippen LogP contribution >= 0.6 is 0 Å². The molecular formula is C21H31F3N4O3. The molecule has 3 aliphatic rings. The van der Waals surface area contributed by atoms with Crippen LogP contribution in [0.3, 0.4) is 0 Å². The number of carbonyl (C=O) groups excluding carboxylic acids is 1. The van der Waals surface area contributed by atoms with E-state index in [1.54, 1.807) is 0 Å². The van der Waals surface area contributed by atoms with Crippen LogP contribution in [0.15, 0.2) is 12.5 Å². The van der Waals surface area contributed by atoms with E-state index in [1.807, 2.05) is 19.6 Å². The van der Waals surface area contributed by atoms with Crippen molar-refractivity contribution in [3.8, 4) is 0 Å². The first-order valence-electron chi connectivity index (χ1n) is 10.9. The minimum atomic E-state index is -5.08. The first kappa shape index (κ1) is 23.6. The second-order valence-electron chi connectivity index (χ2n) is 9.08. The van der Waals surface area contributed by atoms with E-state index in [1.165, 1.54) is 37.8 Å². The van der Waals surface area contributed by atoms with E-state index in [-0.39, 0.29) is 5.41 Å². The number of hydrogen-bond acceptors (Lipinski definition) is 4. The Hall–Kier alpha value is -2.10. The molecule has 1 unspecified atom stereocenters. The van der Waals surface area contributed by atoms with Gasteiger partial charge in [0.25, 0.3) is 0 Å². The standard InChI is InChI=1S/C19H30N4O.C2HF3O2/c1-21-15-20-10-17(21)12-22-9-5-8-19(13-22)14-23(18(19)24)11-16-6-3-2-4-7-16;3-2(4,5)1(6)7/h10,15-16H,2-9,11-14H2,1H3;(H,6,7). The molecule has 1 aromatic rings. The summed E-state index contributed by atoms with van der Waals surface area (Å²) in [6, 6.07) is 0. The van der Waals surface area contributed by atoms with Crippen LogP contribution in [0.1, 0.15) is 50.6 Å². The second-order valence-corrected chi connectivity index (χ2v) is 9.08. The smallest absolute Gasteiger partial charge is 0.475 e. The molecule has 1 aromatic heterocycles. The van der Waals surface area contributed by atoms with Crippen molar-refractivity contribution < 1.29 is 27.9 Å². The molecule has 1 spiro atoms. The van der Waals surface area contributed by atoms with Gasteiger partial charge in [0.1, 0.15) is 0 Å². The number of halogens is 3. The Morgan fingerprint density at radius 3 is 2.45 bits per heavy atom. The molecule has 0 aromatic carbocycles. The zero-order valence-electron chi connectivity index (χ0n) is 17.9. The highest BCUT2D eigenvalue weighted by atomic mass is 19.4. The lowest BCUT2D eigenvalue weighted by Crippen LogP contribution is -2.67. The maximum atomic E-state index is 12.9. The Bertz CT molecular complexity index is 776. The Labute approximate surface area is 180 Å². The number of aromatic nitrogens is 2. The van der Waals surface area contributed by atoms with Crippen LogP contribution in [0.2, 0.25) is 0 Å². The van der Waals surface area contributed by atoms with E-state index < -0.39 is 12.1 Å². The highest BCUT2D eigenvalue weighted by Crippen LogP contribution is 2.41. The number of alkyl halides is 3. The molecule has 3 heterocycles. The highest BCUT2D eigenvalue weighted by molar-refractivity contribution is 5.89. The summed E-state index contributed by atoms with van der Waals surface area (Å²) in [5, 5.41) is 7.12. The number of carboxylic acids is 1. The highest BCUT2D eigenvalue weighted by Gasteiger charge is 2.53. The van der Waals surface area contributed by atoms with Crippen molar-refractivity contribution >= 4 is 11.9 Å². The summed E-state index contributed by atoms with van der Waals surface area (Å²) >= 11 is 0. The number of piperidine rings is 1. The molecule has 1 atom stereocenters. The number of β-lactam (4-membered cyclic amide) rings is 1. The van der Waals surface area contributed by atoms with Crippen LogP contribution in [0.25, 0.3) is 0 Å². The molecule has 7 nitrogen and oxygen atoms in total. The molecule has 174 valence electrons. The summed E-state index contributed by atoms with van der Waals surface area (Å²) < 4.78 is 33.8. The summed E-state index contributed by atoms with van der Waals surface area (Å²) in [7, 11) is 2.04. The maximum absolute atomic E-state index is 12.9. The lowest BCUT2D eigenvalue weighted by atomic mass is 9.71. The molecule has 1 amide bonds. The van der Waals surface area contributed by atoms with Gasteiger partial charge in [0.05, 0.1) is 17.4 Å². The summed E-state index contributed by atoms with van der Waals surface area (Å²) in [5.41, 5.74) is 1.16. The predicted molar refractivity (Wildman–Crippen MR) is 107 cm³/mol. The number of imidazole rings is 1. The predicted octanol–water partition coefficient (Wildman–Crippen LogP) is 3.06. The van der Waals surface area contributed by atoms with Crippen molar-refractivity contribution in [1.29, 1.82) is 0 Å². The Morgan fingerprint density at radius 1 is 1.23 bits per heavy atom. The van der Waals surface area contributed by atoms with Gasteiger partial charge in [-0.05, 0) is 38.1 Å². The van der Waals surface area contributed by atoms with Gasteiger partial charge >= 0.3 is 12.1 Å². The molecule has 31 heavy (non-hydrogen) atoms. The minimum absolute atomic E-state index is 0.0779. The van der Waals surface area contributed by atoms with Crippen LogP contribution in [0.5, 0.6) is 0 Å². The van der Waals surface area contributed by atoms with Crippen LogP contribution < -0.4 is 0 Å². The molecule has 2 saturated heterocycles. The second kappa shape index (κ2) is 9.58. The van der Waals surface area contributed by atoms with E-state index in [0.29, 0.717) is 5.91 Å². The number of aliphatic carboxylic acids is 1. The molecule has 1 aliphatic carbocycles. The van der Waals surface area contributed by atoms with Gasteiger partial charge in [-0.15, -0.1) is 0 Å². The van der Waals surface area contributed by atoms with Crippen LogP contribution in [-0.2, 0) is 23.2 Å². The number of rotatable bonds is 4. The van der Waals surface area contributed by atoms with Gasteiger partial charge in [0, 0.05) is 39.4 Å². The Kier molecular flexibility index (Phi) is 7.28. The van der Waals surface area contributed by atoms with E-state index in [4.69, 9.17) is 9.90 Å². The van der Waals surface area contributed by atoms with E-state index in [2.05, 4.69) is 19.4 Å². The van der Waals surface area contributed by atoms with Crippen LogP contribution in [0.4, 0.5) is 13.2 Å². The molecule has 3 fully saturated rings. The fourth-order valence-electron chi connectivity index (χ4n) is 5.01. The van der Waals surface area contributed by atoms with Gasteiger partial charge in [-0.2, -0.15) is 13.2 Å². The van der Waals surface area contributed by atoms with Gasteiger partial charge in [-0.25, -0.2) is 9.78 Å². The number of likely N-dealkylation sites (tertiary alicyclic amines) is 2. The van der Waals surface area contributed by atoms with Crippen LogP contribution in [-0.4, -0.2) is 68.7 Å². The van der Waals surface area contributed by atoms with E-state index in [0.717, 1.165) is 51.5 Å². The number of carbonyl (C=O) groups is 2. The molecule has 0 bridgehead atoms. The quantitative estimate of drug-likeness (QED) is 0.723. The van der Waals surface area contributed by atoms with E-state index in [9.17, 15) is 18.0 Å². The van der Waals surface area contributed by atoms with Crippen LogP contribution in [0, 0.1) is 11.3 Å². The van der Waals surface area contributed by atoms with Gasteiger partial charge in [0.15, 0.2) is 0 Å². The van der Waals surface area contributed by atoms with Crippen molar-refractivity contribution in [2.24, 2.45) is 18.4 Å². The van der Waals surface area contributed by atoms with Gasteiger partial charge < -0.3 is 14.6 Å². The topological polar surface area (TPSA) is 78.7 Å². The summed E-state index contributed by atoms with van der Waals surface area (Å²) in [6.45, 7) is 4.95. The SMILES string of the molecule is Cn1cncc1CN1CCCC2(C1)CN(CC1CCCCC1)C2=O.O=C(O)C(F)(F)F. The normalized spacial score (nSPS) is 25.2. The number of nitrogens with zero attached hydrogens (tertiary/aromatic N) is 4. The van der Waals surface area contributed by atoms with Crippen molar-refractivity contribution in [1.82, 2.24) is 19.4 Å². The fourth-order valence-corrected chi connectivity index (χ4v) is 5.01. The first-order valence-corrected chi connectivity index (χ1v) is 10.9. The summed E-state index contributed by atoms with van der Waals surface area (Å²) in [6.07, 6.45) is 7.68. The lowest BCUT2D eigenvalue weighted by molar-refractivity contribution is -0.192. The third-order valence-electron chi connectivity index (χ3n) is 6.64. The molecular weight excluding hydrogens is 413 g/mol. The van der Waals surface area contributed by atoms with Crippen molar-refractivity contribution in [2.75, 3.05) is 26.2 Å². The van der Waals surface area contributed by atoms with Gasteiger partial charge in [-0.1, -0.05) is 19.3 Å². The molecule has 1 saturated carbocycles. The lowest BCUT2D eigenvalue weighted by Gasteiger charge is -2.54. The molecule has 0 radical (unpaired) electrons. The molecule has 4 rings (SSSR count). The first-order chi connectivity index (χ1) is 14.6. The average molecular weight is 444 g/mol. The summed E-state index contributed by atoms with van der Waals surface area (Å²) in [5.74, 6) is -1.57. The van der Waals surface area contributed by atoms with E-state index >= 15 is 0 Å². The van der Waals surface area contributed by atoms with Crippen molar-refractivity contribution in [3.63, 3.8) is 0 Å². The monoisotopic (exact) mass is 444 g/mol. The molecule has 1 N–H and O–H groups in total. The van der Waals surface area contributed by atoms with Gasteiger partial charge in [-0.3, -0.25) is 9.69 Å². The van der Waals surface area contributed by atoms with Crippen molar-refractivity contribution in [3.05, 3.63) is 18.2 Å². The number of hydrogen-bond donors (Lipinski definition) is 1. The Morgan fingerprint density at radius 2 is 1.90 bits per heavy atom. The third-order valence-corrected chi connectivity index (χ3v) is 6.64. The largest absolute Gasteiger partial charge is 0.490 e. The fraction of sp³-hybridized carbons (Fsp3) is 0.762. The minimum Gasteiger partial charge on any atom is -0.475 e. The zero-order chi connectivity index (χ0) is 22.6.